The number of hydrogen-bond donors (Lipinski definition) is 1. The summed E-state index contributed by atoms with van der Waals surface area (Å²) in [6, 6.07) is 10.1. The SMILES string of the molecule is CCc1cccc(Oc2nc(N)nc3sc(CC)cc23)c1. The van der Waals surface area contributed by atoms with E-state index in [1.807, 2.05) is 18.2 Å². The van der Waals surface area contributed by atoms with Crippen molar-refractivity contribution in [1.29, 1.82) is 0 Å². The van der Waals surface area contributed by atoms with Crippen molar-refractivity contribution in [3.8, 4) is 11.6 Å². The van der Waals surface area contributed by atoms with Gasteiger partial charge in [0.1, 0.15) is 10.6 Å². The van der Waals surface area contributed by atoms with Crippen molar-refractivity contribution in [2.75, 3.05) is 5.73 Å². The molecule has 108 valence electrons. The minimum Gasteiger partial charge on any atom is -0.438 e. The zero-order chi connectivity index (χ0) is 14.8. The lowest BCUT2D eigenvalue weighted by molar-refractivity contribution is 0.469. The van der Waals surface area contributed by atoms with E-state index in [4.69, 9.17) is 10.5 Å². The van der Waals surface area contributed by atoms with Crippen LogP contribution in [0.5, 0.6) is 11.6 Å². The van der Waals surface area contributed by atoms with Gasteiger partial charge < -0.3 is 10.5 Å². The molecule has 21 heavy (non-hydrogen) atoms. The molecule has 2 N–H and O–H groups in total. The summed E-state index contributed by atoms with van der Waals surface area (Å²) in [5.41, 5.74) is 7.02. The van der Waals surface area contributed by atoms with Gasteiger partial charge in [-0.3, -0.25) is 0 Å². The summed E-state index contributed by atoms with van der Waals surface area (Å²) >= 11 is 1.63. The summed E-state index contributed by atoms with van der Waals surface area (Å²) in [5.74, 6) is 1.55. The number of anilines is 1. The highest BCUT2D eigenvalue weighted by molar-refractivity contribution is 7.18. The third kappa shape index (κ3) is 2.83. The van der Waals surface area contributed by atoms with E-state index in [9.17, 15) is 0 Å². The van der Waals surface area contributed by atoms with Gasteiger partial charge in [-0.15, -0.1) is 11.3 Å². The smallest absolute Gasteiger partial charge is 0.232 e. The standard InChI is InChI=1S/C16H17N3OS/c1-3-10-6-5-7-11(8-10)20-14-13-9-12(4-2)21-15(13)19-16(17)18-14/h5-9H,3-4H2,1-2H3,(H2,17,18,19). The Bertz CT molecular complexity index is 782. The highest BCUT2D eigenvalue weighted by atomic mass is 32.1. The van der Waals surface area contributed by atoms with Crippen molar-refractivity contribution in [2.24, 2.45) is 0 Å². The molecule has 0 radical (unpaired) electrons. The van der Waals surface area contributed by atoms with Crippen LogP contribution in [0, 0.1) is 0 Å². The highest BCUT2D eigenvalue weighted by Gasteiger charge is 2.12. The molecule has 0 fully saturated rings. The lowest BCUT2D eigenvalue weighted by atomic mass is 10.2. The molecule has 3 rings (SSSR count). The van der Waals surface area contributed by atoms with Gasteiger partial charge in [0.05, 0.1) is 5.39 Å². The molecule has 0 aliphatic carbocycles. The largest absolute Gasteiger partial charge is 0.438 e. The van der Waals surface area contributed by atoms with Crippen molar-refractivity contribution < 1.29 is 4.74 Å². The first-order chi connectivity index (χ1) is 10.2. The lowest BCUT2D eigenvalue weighted by Gasteiger charge is -2.07. The number of ether oxygens (including phenoxy) is 1. The Labute approximate surface area is 127 Å². The molecule has 0 unspecified atom stereocenters. The molecule has 0 saturated heterocycles. The molecule has 3 aromatic rings. The third-order valence-electron chi connectivity index (χ3n) is 3.30. The molecular formula is C16H17N3OS. The maximum atomic E-state index is 5.95. The molecule has 2 heterocycles. The molecule has 0 amide bonds. The van der Waals surface area contributed by atoms with E-state index in [-0.39, 0.29) is 5.95 Å². The van der Waals surface area contributed by atoms with E-state index in [1.165, 1.54) is 10.4 Å². The molecule has 2 aromatic heterocycles. The number of thiophene rings is 1. The fourth-order valence-electron chi connectivity index (χ4n) is 2.15. The van der Waals surface area contributed by atoms with Crippen molar-refractivity contribution in [1.82, 2.24) is 9.97 Å². The number of nitrogens with zero attached hydrogens (tertiary/aromatic N) is 2. The van der Waals surface area contributed by atoms with E-state index in [0.29, 0.717) is 5.88 Å². The van der Waals surface area contributed by atoms with Crippen LogP contribution in [-0.2, 0) is 12.8 Å². The van der Waals surface area contributed by atoms with Crippen LogP contribution in [0.3, 0.4) is 0 Å². The quantitative estimate of drug-likeness (QED) is 0.784. The van der Waals surface area contributed by atoms with Gasteiger partial charge in [0, 0.05) is 4.88 Å². The minimum atomic E-state index is 0.244. The van der Waals surface area contributed by atoms with Crippen LogP contribution in [0.1, 0.15) is 24.3 Å². The Morgan fingerprint density at radius 2 is 2.00 bits per heavy atom. The molecule has 0 spiro atoms. The van der Waals surface area contributed by atoms with Gasteiger partial charge >= 0.3 is 0 Å². The third-order valence-corrected chi connectivity index (χ3v) is 4.47. The number of aryl methyl sites for hydroxylation is 2. The van der Waals surface area contributed by atoms with Crippen molar-refractivity contribution in [2.45, 2.75) is 26.7 Å². The lowest BCUT2D eigenvalue weighted by Crippen LogP contribution is -1.97. The highest BCUT2D eigenvalue weighted by Crippen LogP contribution is 2.33. The molecule has 5 heteroatoms. The van der Waals surface area contributed by atoms with Gasteiger partial charge in [0.15, 0.2) is 0 Å². The zero-order valence-electron chi connectivity index (χ0n) is 12.1. The second-order valence-electron chi connectivity index (χ2n) is 4.78. The van der Waals surface area contributed by atoms with Gasteiger partial charge in [-0.05, 0) is 36.6 Å². The zero-order valence-corrected chi connectivity index (χ0v) is 12.9. The Kier molecular flexibility index (Phi) is 3.75. The molecular weight excluding hydrogens is 282 g/mol. The number of aromatic nitrogens is 2. The van der Waals surface area contributed by atoms with Crippen molar-refractivity contribution in [3.05, 3.63) is 40.8 Å². The molecule has 0 aliphatic rings. The number of fused-ring (bicyclic) bond motifs is 1. The van der Waals surface area contributed by atoms with Gasteiger partial charge in [-0.2, -0.15) is 4.98 Å². The van der Waals surface area contributed by atoms with E-state index in [2.05, 4.69) is 35.9 Å². The van der Waals surface area contributed by atoms with Crippen LogP contribution in [-0.4, -0.2) is 9.97 Å². The van der Waals surface area contributed by atoms with Gasteiger partial charge in [0.2, 0.25) is 11.8 Å². The van der Waals surface area contributed by atoms with Crippen molar-refractivity contribution >= 4 is 27.5 Å². The van der Waals surface area contributed by atoms with Crippen molar-refractivity contribution in [3.63, 3.8) is 0 Å². The van der Waals surface area contributed by atoms with E-state index < -0.39 is 0 Å². The number of rotatable bonds is 4. The summed E-state index contributed by atoms with van der Waals surface area (Å²) in [5, 5.41) is 0.924. The Balaban J connectivity index is 2.04. The summed E-state index contributed by atoms with van der Waals surface area (Å²) in [6.45, 7) is 4.24. The van der Waals surface area contributed by atoms with Crippen LogP contribution in [0.2, 0.25) is 0 Å². The topological polar surface area (TPSA) is 61.0 Å². The van der Waals surface area contributed by atoms with Crippen LogP contribution in [0.4, 0.5) is 5.95 Å². The minimum absolute atomic E-state index is 0.244. The number of benzene rings is 1. The Morgan fingerprint density at radius 1 is 1.14 bits per heavy atom. The molecule has 0 aliphatic heterocycles. The monoisotopic (exact) mass is 299 g/mol. The normalized spacial score (nSPS) is 11.0. The average Bonchev–Trinajstić information content (AvgIpc) is 2.90. The number of nitrogen functional groups attached to an aromatic ring is 1. The first-order valence-electron chi connectivity index (χ1n) is 7.02. The second kappa shape index (κ2) is 5.69. The van der Waals surface area contributed by atoms with Gasteiger partial charge in [-0.25, -0.2) is 4.98 Å². The summed E-state index contributed by atoms with van der Waals surface area (Å²) in [7, 11) is 0. The van der Waals surface area contributed by atoms with E-state index in [0.717, 1.165) is 28.8 Å². The molecule has 0 bridgehead atoms. The maximum absolute atomic E-state index is 5.95. The summed E-state index contributed by atoms with van der Waals surface area (Å²) in [4.78, 5) is 10.7. The van der Waals surface area contributed by atoms with E-state index >= 15 is 0 Å². The molecule has 0 atom stereocenters. The summed E-state index contributed by atoms with van der Waals surface area (Å²) in [6.07, 6.45) is 1.93. The fraction of sp³-hybridized carbons (Fsp3) is 0.250. The molecule has 1 aromatic carbocycles. The Hall–Kier alpha value is -2.14. The van der Waals surface area contributed by atoms with Gasteiger partial charge in [-0.1, -0.05) is 26.0 Å². The Morgan fingerprint density at radius 3 is 2.76 bits per heavy atom. The predicted molar refractivity (Wildman–Crippen MR) is 87.1 cm³/mol. The molecule has 4 nitrogen and oxygen atoms in total. The van der Waals surface area contributed by atoms with E-state index in [1.54, 1.807) is 11.3 Å². The average molecular weight is 299 g/mol. The maximum Gasteiger partial charge on any atom is 0.232 e. The van der Waals surface area contributed by atoms with Crippen LogP contribution >= 0.6 is 11.3 Å². The number of nitrogens with two attached hydrogens (primary N) is 1. The van der Waals surface area contributed by atoms with Gasteiger partial charge in [0.25, 0.3) is 0 Å². The summed E-state index contributed by atoms with van der Waals surface area (Å²) < 4.78 is 5.95. The van der Waals surface area contributed by atoms with Crippen LogP contribution in [0.25, 0.3) is 10.2 Å². The predicted octanol–water partition coefficient (Wildman–Crippen LogP) is 4.19. The second-order valence-corrected chi connectivity index (χ2v) is 5.89. The first kappa shape index (κ1) is 13.8. The fourth-order valence-corrected chi connectivity index (χ4v) is 3.12. The van der Waals surface area contributed by atoms with Crippen LogP contribution in [0.15, 0.2) is 30.3 Å². The number of hydrogen-bond acceptors (Lipinski definition) is 5. The first-order valence-corrected chi connectivity index (χ1v) is 7.84. The molecule has 0 saturated carbocycles. The van der Waals surface area contributed by atoms with Crippen LogP contribution < -0.4 is 10.5 Å².